The number of halogens is 1. The van der Waals surface area contributed by atoms with E-state index in [0.717, 1.165) is 0 Å². The number of carbonyl (C=O) groups is 2. The van der Waals surface area contributed by atoms with E-state index in [2.05, 4.69) is 10.6 Å². The molecule has 0 unspecified atom stereocenters. The van der Waals surface area contributed by atoms with Gasteiger partial charge in [-0.15, -0.1) is 0 Å². The molecule has 0 aliphatic carbocycles. The zero-order valence-corrected chi connectivity index (χ0v) is 16.0. The van der Waals surface area contributed by atoms with E-state index in [0.29, 0.717) is 22.8 Å². The maximum absolute atomic E-state index is 13.1. The van der Waals surface area contributed by atoms with Crippen LogP contribution in [0.25, 0.3) is 0 Å². The standard InChI is InChI=1S/C20H23FN2O5/c1-26-16-12-18(28-3)17(27-2)11-15(16)20(25)23-8-7-22-19(24)10-13-5-4-6-14(21)9-13/h4-6,9,11-12H,7-8,10H2,1-3H3,(H,22,24)(H,23,25). The zero-order chi connectivity index (χ0) is 20.5. The van der Waals surface area contributed by atoms with Gasteiger partial charge in [-0.25, -0.2) is 4.39 Å². The average Bonchev–Trinajstić information content (AvgIpc) is 2.69. The van der Waals surface area contributed by atoms with Crippen LogP contribution >= 0.6 is 0 Å². The highest BCUT2D eigenvalue weighted by Crippen LogP contribution is 2.34. The van der Waals surface area contributed by atoms with Crippen molar-refractivity contribution >= 4 is 11.8 Å². The van der Waals surface area contributed by atoms with Crippen LogP contribution in [0.15, 0.2) is 36.4 Å². The van der Waals surface area contributed by atoms with Gasteiger partial charge in [0.1, 0.15) is 11.6 Å². The molecular formula is C20H23FN2O5. The van der Waals surface area contributed by atoms with Gasteiger partial charge in [-0.05, 0) is 17.7 Å². The lowest BCUT2D eigenvalue weighted by atomic mass is 10.1. The number of rotatable bonds is 9. The van der Waals surface area contributed by atoms with Gasteiger partial charge in [-0.3, -0.25) is 9.59 Å². The summed E-state index contributed by atoms with van der Waals surface area (Å²) in [6.07, 6.45) is 0.0647. The van der Waals surface area contributed by atoms with Crippen molar-refractivity contribution in [2.75, 3.05) is 34.4 Å². The first-order valence-electron chi connectivity index (χ1n) is 8.57. The molecule has 28 heavy (non-hydrogen) atoms. The van der Waals surface area contributed by atoms with Crippen molar-refractivity contribution in [1.82, 2.24) is 10.6 Å². The first kappa shape index (κ1) is 21.0. The van der Waals surface area contributed by atoms with Crippen molar-refractivity contribution in [3.63, 3.8) is 0 Å². The SMILES string of the molecule is COc1cc(OC)c(C(=O)NCCNC(=O)Cc2cccc(F)c2)cc1OC. The van der Waals surface area contributed by atoms with Gasteiger partial charge < -0.3 is 24.8 Å². The molecule has 0 spiro atoms. The van der Waals surface area contributed by atoms with E-state index in [1.165, 1.54) is 39.5 Å². The van der Waals surface area contributed by atoms with Crippen LogP contribution in [0, 0.1) is 5.82 Å². The van der Waals surface area contributed by atoms with Gasteiger partial charge in [0, 0.05) is 25.2 Å². The number of carbonyl (C=O) groups excluding carboxylic acids is 2. The number of ether oxygens (including phenoxy) is 3. The maximum atomic E-state index is 13.1. The van der Waals surface area contributed by atoms with Crippen molar-refractivity contribution in [2.24, 2.45) is 0 Å². The maximum Gasteiger partial charge on any atom is 0.255 e. The molecule has 150 valence electrons. The molecule has 2 rings (SSSR count). The normalized spacial score (nSPS) is 10.1. The number of hydrogen-bond donors (Lipinski definition) is 2. The highest BCUT2D eigenvalue weighted by molar-refractivity contribution is 5.97. The highest BCUT2D eigenvalue weighted by Gasteiger charge is 2.17. The molecule has 0 heterocycles. The summed E-state index contributed by atoms with van der Waals surface area (Å²) in [5, 5.41) is 5.38. The molecule has 0 saturated carbocycles. The molecule has 0 radical (unpaired) electrons. The molecule has 7 nitrogen and oxygen atoms in total. The highest BCUT2D eigenvalue weighted by atomic mass is 19.1. The lowest BCUT2D eigenvalue weighted by Gasteiger charge is -2.14. The molecule has 0 atom stereocenters. The molecule has 0 fully saturated rings. The number of benzene rings is 2. The van der Waals surface area contributed by atoms with E-state index < -0.39 is 0 Å². The number of amides is 2. The van der Waals surface area contributed by atoms with E-state index in [-0.39, 0.29) is 42.7 Å². The molecule has 0 bridgehead atoms. The van der Waals surface area contributed by atoms with Crippen molar-refractivity contribution in [2.45, 2.75) is 6.42 Å². The summed E-state index contributed by atoms with van der Waals surface area (Å²) >= 11 is 0. The minimum atomic E-state index is -0.388. The van der Waals surface area contributed by atoms with Crippen LogP contribution in [0.3, 0.4) is 0 Å². The van der Waals surface area contributed by atoms with Gasteiger partial charge in [0.05, 0.1) is 33.3 Å². The quantitative estimate of drug-likeness (QED) is 0.639. The first-order chi connectivity index (χ1) is 13.5. The average molecular weight is 390 g/mol. The molecule has 0 aromatic heterocycles. The third-order valence-electron chi connectivity index (χ3n) is 3.94. The van der Waals surface area contributed by atoms with Crippen molar-refractivity contribution < 1.29 is 28.2 Å². The first-order valence-corrected chi connectivity index (χ1v) is 8.57. The van der Waals surface area contributed by atoms with E-state index >= 15 is 0 Å². The molecule has 2 amide bonds. The summed E-state index contributed by atoms with van der Waals surface area (Å²) in [5.41, 5.74) is 0.864. The summed E-state index contributed by atoms with van der Waals surface area (Å²) in [6.45, 7) is 0.445. The molecular weight excluding hydrogens is 367 g/mol. The molecule has 2 aromatic carbocycles. The minimum Gasteiger partial charge on any atom is -0.496 e. The van der Waals surface area contributed by atoms with Crippen molar-refractivity contribution in [3.05, 3.63) is 53.3 Å². The topological polar surface area (TPSA) is 85.9 Å². The fourth-order valence-electron chi connectivity index (χ4n) is 2.57. The number of methoxy groups -OCH3 is 3. The number of nitrogens with one attached hydrogen (secondary N) is 2. The fourth-order valence-corrected chi connectivity index (χ4v) is 2.57. The van der Waals surface area contributed by atoms with Gasteiger partial charge >= 0.3 is 0 Å². The summed E-state index contributed by atoms with van der Waals surface area (Å²) < 4.78 is 28.8. The molecule has 2 aromatic rings. The molecule has 0 aliphatic heterocycles. The second kappa shape index (κ2) is 10.1. The summed E-state index contributed by atoms with van der Waals surface area (Å²) in [4.78, 5) is 24.3. The smallest absolute Gasteiger partial charge is 0.255 e. The monoisotopic (exact) mass is 390 g/mol. The minimum absolute atomic E-state index is 0.0647. The van der Waals surface area contributed by atoms with Crippen LogP contribution < -0.4 is 24.8 Å². The predicted octanol–water partition coefficient (Wildman–Crippen LogP) is 1.94. The fraction of sp³-hybridized carbons (Fsp3) is 0.300. The Balaban J connectivity index is 1.87. The second-order valence-corrected chi connectivity index (χ2v) is 5.82. The van der Waals surface area contributed by atoms with E-state index in [1.54, 1.807) is 18.2 Å². The Hall–Kier alpha value is -3.29. The van der Waals surface area contributed by atoms with Crippen LogP contribution in [-0.4, -0.2) is 46.2 Å². The van der Waals surface area contributed by atoms with Gasteiger partial charge in [-0.2, -0.15) is 0 Å². The lowest BCUT2D eigenvalue weighted by molar-refractivity contribution is -0.120. The Morgan fingerprint density at radius 3 is 2.18 bits per heavy atom. The lowest BCUT2D eigenvalue weighted by Crippen LogP contribution is -2.35. The van der Waals surface area contributed by atoms with Gasteiger partial charge in [-0.1, -0.05) is 12.1 Å². The summed E-state index contributed by atoms with van der Waals surface area (Å²) in [6, 6.07) is 8.94. The zero-order valence-electron chi connectivity index (χ0n) is 16.0. The molecule has 2 N–H and O–H groups in total. The van der Waals surface area contributed by atoms with Crippen LogP contribution in [-0.2, 0) is 11.2 Å². The van der Waals surface area contributed by atoms with Gasteiger partial charge in [0.15, 0.2) is 11.5 Å². The van der Waals surface area contributed by atoms with E-state index in [4.69, 9.17) is 14.2 Å². The van der Waals surface area contributed by atoms with Gasteiger partial charge in [0.2, 0.25) is 5.91 Å². The molecule has 8 heteroatoms. The third-order valence-corrected chi connectivity index (χ3v) is 3.94. The predicted molar refractivity (Wildman–Crippen MR) is 102 cm³/mol. The van der Waals surface area contributed by atoms with Crippen molar-refractivity contribution in [3.8, 4) is 17.2 Å². The van der Waals surface area contributed by atoms with Gasteiger partial charge in [0.25, 0.3) is 5.91 Å². The Morgan fingerprint density at radius 2 is 1.54 bits per heavy atom. The molecule has 0 aliphatic rings. The second-order valence-electron chi connectivity index (χ2n) is 5.82. The van der Waals surface area contributed by atoms with Crippen molar-refractivity contribution in [1.29, 1.82) is 0 Å². The largest absolute Gasteiger partial charge is 0.496 e. The molecule has 0 saturated heterocycles. The Labute approximate surface area is 162 Å². The summed E-state index contributed by atoms with van der Waals surface area (Å²) in [7, 11) is 4.41. The van der Waals surface area contributed by atoms with Crippen LogP contribution in [0.4, 0.5) is 4.39 Å². The Bertz CT molecular complexity index is 841. The van der Waals surface area contributed by atoms with Crippen LogP contribution in [0.1, 0.15) is 15.9 Å². The third kappa shape index (κ3) is 5.60. The van der Waals surface area contributed by atoms with E-state index in [1.807, 2.05) is 0 Å². The Kier molecular flexibility index (Phi) is 7.62. The van der Waals surface area contributed by atoms with Crippen LogP contribution in [0.2, 0.25) is 0 Å². The number of hydrogen-bond acceptors (Lipinski definition) is 5. The van der Waals surface area contributed by atoms with E-state index in [9.17, 15) is 14.0 Å². The summed E-state index contributed by atoms with van der Waals surface area (Å²) in [5.74, 6) is 0.157. The van der Waals surface area contributed by atoms with Crippen LogP contribution in [0.5, 0.6) is 17.2 Å². The Morgan fingerprint density at radius 1 is 0.893 bits per heavy atom.